The predicted molar refractivity (Wildman–Crippen MR) is 95.4 cm³/mol. The van der Waals surface area contributed by atoms with Crippen molar-refractivity contribution < 1.29 is 0 Å². The Hall–Kier alpha value is -1.29. The number of hydrogen-bond acceptors (Lipinski definition) is 3. The first-order chi connectivity index (χ1) is 10.3. The van der Waals surface area contributed by atoms with Crippen molar-refractivity contribution in [3.63, 3.8) is 0 Å². The van der Waals surface area contributed by atoms with Crippen molar-refractivity contribution >= 4 is 33.9 Å². The molecule has 0 atom stereocenters. The Balaban J connectivity index is 1.46. The van der Waals surface area contributed by atoms with Crippen LogP contribution < -0.4 is 5.32 Å². The van der Waals surface area contributed by atoms with E-state index < -0.39 is 0 Å². The molecule has 0 bridgehead atoms. The fourth-order valence-electron chi connectivity index (χ4n) is 2.29. The van der Waals surface area contributed by atoms with Crippen LogP contribution in [0.25, 0.3) is 10.8 Å². The smallest absolute Gasteiger partial charge is 0.0300 e. The van der Waals surface area contributed by atoms with Gasteiger partial charge in [0.15, 0.2) is 0 Å². The molecule has 0 spiro atoms. The molecule has 3 rings (SSSR count). The van der Waals surface area contributed by atoms with E-state index in [4.69, 9.17) is 0 Å². The molecular weight excluding hydrogens is 294 g/mol. The lowest BCUT2D eigenvalue weighted by Gasteiger charge is -2.05. The third-order valence-corrected chi connectivity index (χ3v) is 5.36. The average molecular weight is 313 g/mol. The molecule has 1 nitrogen and oxygen atoms in total. The zero-order valence-electron chi connectivity index (χ0n) is 12.1. The van der Waals surface area contributed by atoms with E-state index in [1.54, 1.807) is 0 Å². The number of thiophene rings is 1. The van der Waals surface area contributed by atoms with Crippen LogP contribution in [0.5, 0.6) is 0 Å². The van der Waals surface area contributed by atoms with Crippen molar-refractivity contribution in [3.8, 4) is 0 Å². The third-order valence-electron chi connectivity index (χ3n) is 3.36. The molecule has 2 aromatic carbocycles. The summed E-state index contributed by atoms with van der Waals surface area (Å²) in [5.41, 5.74) is 0. The average Bonchev–Trinajstić information content (AvgIpc) is 2.92. The van der Waals surface area contributed by atoms with E-state index in [1.165, 1.54) is 25.4 Å². The first kappa shape index (κ1) is 14.6. The molecule has 0 fully saturated rings. The van der Waals surface area contributed by atoms with Crippen LogP contribution in [-0.2, 0) is 6.54 Å². The number of thioether (sulfide) groups is 1. The lowest BCUT2D eigenvalue weighted by atomic mass is 10.1. The Morgan fingerprint density at radius 2 is 1.86 bits per heavy atom. The van der Waals surface area contributed by atoms with E-state index in [0.717, 1.165) is 18.8 Å². The van der Waals surface area contributed by atoms with Crippen molar-refractivity contribution in [2.75, 3.05) is 12.3 Å². The summed E-state index contributed by atoms with van der Waals surface area (Å²) in [6, 6.07) is 19.6. The molecule has 1 N–H and O–H groups in total. The number of fused-ring (bicyclic) bond motifs is 1. The molecule has 0 aliphatic rings. The van der Waals surface area contributed by atoms with Crippen LogP contribution in [0.1, 0.15) is 9.75 Å². The van der Waals surface area contributed by atoms with Crippen LogP contribution in [0.15, 0.2) is 59.5 Å². The first-order valence-electron chi connectivity index (χ1n) is 7.19. The molecule has 21 heavy (non-hydrogen) atoms. The van der Waals surface area contributed by atoms with E-state index in [9.17, 15) is 0 Å². The van der Waals surface area contributed by atoms with Crippen molar-refractivity contribution in [3.05, 3.63) is 64.4 Å². The van der Waals surface area contributed by atoms with Gasteiger partial charge in [-0.3, -0.25) is 0 Å². The highest BCUT2D eigenvalue weighted by Gasteiger charge is 1.98. The van der Waals surface area contributed by atoms with Gasteiger partial charge in [-0.1, -0.05) is 30.3 Å². The molecule has 0 amide bonds. The SMILES string of the molecule is Cc1ccc(CNCCSc2ccc3ccccc3c2)s1. The van der Waals surface area contributed by atoms with Gasteiger partial charge in [0.1, 0.15) is 0 Å². The van der Waals surface area contributed by atoms with Gasteiger partial charge in [-0.25, -0.2) is 0 Å². The summed E-state index contributed by atoms with van der Waals surface area (Å²) < 4.78 is 0. The van der Waals surface area contributed by atoms with E-state index in [0.29, 0.717) is 0 Å². The second-order valence-corrected chi connectivity index (χ2v) is 7.59. The van der Waals surface area contributed by atoms with Gasteiger partial charge in [0.2, 0.25) is 0 Å². The zero-order chi connectivity index (χ0) is 14.5. The quantitative estimate of drug-likeness (QED) is 0.502. The van der Waals surface area contributed by atoms with Crippen LogP contribution in [0.3, 0.4) is 0 Å². The van der Waals surface area contributed by atoms with Crippen LogP contribution in [0, 0.1) is 6.92 Å². The molecule has 0 saturated carbocycles. The summed E-state index contributed by atoms with van der Waals surface area (Å²) in [6.45, 7) is 4.18. The van der Waals surface area contributed by atoms with Gasteiger partial charge < -0.3 is 5.32 Å². The number of benzene rings is 2. The Labute approximate surface area is 134 Å². The molecule has 0 saturated heterocycles. The van der Waals surface area contributed by atoms with Gasteiger partial charge >= 0.3 is 0 Å². The number of hydrogen-bond donors (Lipinski definition) is 1. The second kappa shape index (κ2) is 7.12. The van der Waals surface area contributed by atoms with Crippen molar-refractivity contribution in [1.82, 2.24) is 5.32 Å². The van der Waals surface area contributed by atoms with Crippen molar-refractivity contribution in [1.29, 1.82) is 0 Å². The molecule has 3 aromatic rings. The molecular formula is C18H19NS2. The molecule has 108 valence electrons. The lowest BCUT2D eigenvalue weighted by Crippen LogP contribution is -2.15. The molecule has 0 radical (unpaired) electrons. The molecule has 0 unspecified atom stereocenters. The number of aryl methyl sites for hydroxylation is 1. The first-order valence-corrected chi connectivity index (χ1v) is 8.99. The van der Waals surface area contributed by atoms with Gasteiger partial charge in [-0.2, -0.15) is 0 Å². The normalized spacial score (nSPS) is 11.1. The highest BCUT2D eigenvalue weighted by Crippen LogP contribution is 2.23. The highest BCUT2D eigenvalue weighted by atomic mass is 32.2. The van der Waals surface area contributed by atoms with E-state index in [1.807, 2.05) is 23.1 Å². The van der Waals surface area contributed by atoms with Crippen molar-refractivity contribution in [2.45, 2.75) is 18.4 Å². The monoisotopic (exact) mass is 313 g/mol. The topological polar surface area (TPSA) is 12.0 Å². The summed E-state index contributed by atoms with van der Waals surface area (Å²) in [4.78, 5) is 4.16. The maximum atomic E-state index is 3.51. The van der Waals surface area contributed by atoms with Crippen molar-refractivity contribution in [2.24, 2.45) is 0 Å². The molecule has 1 aromatic heterocycles. The van der Waals surface area contributed by atoms with Crippen LogP contribution in [0.2, 0.25) is 0 Å². The minimum atomic E-state index is 0.983. The molecule has 1 heterocycles. The maximum absolute atomic E-state index is 3.51. The predicted octanol–water partition coefficient (Wildman–Crippen LogP) is 5.09. The molecule has 3 heteroatoms. The second-order valence-electron chi connectivity index (χ2n) is 5.05. The van der Waals surface area contributed by atoms with Gasteiger partial charge in [0.25, 0.3) is 0 Å². The lowest BCUT2D eigenvalue weighted by molar-refractivity contribution is 0.741. The highest BCUT2D eigenvalue weighted by molar-refractivity contribution is 7.99. The van der Waals surface area contributed by atoms with E-state index in [-0.39, 0.29) is 0 Å². The van der Waals surface area contributed by atoms with Crippen LogP contribution in [0.4, 0.5) is 0 Å². The minimum Gasteiger partial charge on any atom is -0.311 e. The Bertz CT molecular complexity index is 718. The summed E-state index contributed by atoms with van der Waals surface area (Å²) in [7, 11) is 0. The summed E-state index contributed by atoms with van der Waals surface area (Å²) in [6.07, 6.45) is 0. The molecule has 0 aliphatic carbocycles. The van der Waals surface area contributed by atoms with Gasteiger partial charge in [-0.05, 0) is 42.0 Å². The summed E-state index contributed by atoms with van der Waals surface area (Å²) >= 11 is 3.79. The number of rotatable bonds is 6. The summed E-state index contributed by atoms with van der Waals surface area (Å²) in [5.74, 6) is 1.10. The largest absolute Gasteiger partial charge is 0.311 e. The van der Waals surface area contributed by atoms with E-state index >= 15 is 0 Å². The fourth-order valence-corrected chi connectivity index (χ4v) is 4.01. The maximum Gasteiger partial charge on any atom is 0.0300 e. The van der Waals surface area contributed by atoms with Gasteiger partial charge in [-0.15, -0.1) is 23.1 Å². The van der Waals surface area contributed by atoms with E-state index in [2.05, 4.69) is 66.8 Å². The third kappa shape index (κ3) is 4.10. The number of nitrogens with one attached hydrogen (secondary N) is 1. The zero-order valence-corrected chi connectivity index (χ0v) is 13.8. The van der Waals surface area contributed by atoms with Gasteiger partial charge in [0.05, 0.1) is 0 Å². The fraction of sp³-hybridized carbons (Fsp3) is 0.222. The Morgan fingerprint density at radius 3 is 2.67 bits per heavy atom. The summed E-state index contributed by atoms with van der Waals surface area (Å²) in [5, 5.41) is 6.15. The Kier molecular flexibility index (Phi) is 4.96. The van der Waals surface area contributed by atoms with Crippen LogP contribution >= 0.6 is 23.1 Å². The minimum absolute atomic E-state index is 0.983. The van der Waals surface area contributed by atoms with Gasteiger partial charge in [0, 0.05) is 33.5 Å². The standard InChI is InChI=1S/C18H19NS2/c1-14-6-8-18(21-14)13-19-10-11-20-17-9-7-15-4-2-3-5-16(15)12-17/h2-9,12,19H,10-11,13H2,1H3. The van der Waals surface area contributed by atoms with Crippen LogP contribution in [-0.4, -0.2) is 12.3 Å². The molecule has 0 aliphatic heterocycles. The Morgan fingerprint density at radius 1 is 1.00 bits per heavy atom.